The van der Waals surface area contributed by atoms with E-state index in [-0.39, 0.29) is 6.04 Å². The van der Waals surface area contributed by atoms with Crippen LogP contribution in [-0.4, -0.2) is 0 Å². The lowest BCUT2D eigenvalue weighted by Crippen LogP contribution is -2.11. The summed E-state index contributed by atoms with van der Waals surface area (Å²) in [6.07, 6.45) is 1.60. The number of hydrogen-bond acceptors (Lipinski definition) is 2. The standard InChI is InChI=1S/C11H10ClNO/c12-9-5-2-1-4-8(9)11(13)10-6-3-7-14-10/h1-7,11H,13H2. The maximum atomic E-state index is 6.01. The molecule has 0 aliphatic rings. The Kier molecular flexibility index (Phi) is 2.57. The molecule has 1 atom stereocenters. The zero-order valence-electron chi connectivity index (χ0n) is 7.48. The van der Waals surface area contributed by atoms with Gasteiger partial charge in [0.25, 0.3) is 0 Å². The van der Waals surface area contributed by atoms with Gasteiger partial charge < -0.3 is 10.2 Å². The van der Waals surface area contributed by atoms with Gasteiger partial charge in [-0.25, -0.2) is 0 Å². The van der Waals surface area contributed by atoms with E-state index in [0.717, 1.165) is 11.3 Å². The van der Waals surface area contributed by atoms with E-state index in [4.69, 9.17) is 21.8 Å². The summed E-state index contributed by atoms with van der Waals surface area (Å²) in [6.45, 7) is 0. The first-order chi connectivity index (χ1) is 6.79. The van der Waals surface area contributed by atoms with E-state index < -0.39 is 0 Å². The van der Waals surface area contributed by atoms with Crippen LogP contribution in [0.3, 0.4) is 0 Å². The summed E-state index contributed by atoms with van der Waals surface area (Å²) in [5, 5.41) is 0.663. The van der Waals surface area contributed by atoms with Gasteiger partial charge in [-0.15, -0.1) is 0 Å². The molecular formula is C11H10ClNO. The van der Waals surface area contributed by atoms with Crippen LogP contribution in [0.4, 0.5) is 0 Å². The normalized spacial score (nSPS) is 12.7. The van der Waals surface area contributed by atoms with Crippen molar-refractivity contribution in [3.05, 3.63) is 59.0 Å². The van der Waals surface area contributed by atoms with Crippen LogP contribution in [0.2, 0.25) is 5.02 Å². The van der Waals surface area contributed by atoms with Crippen molar-refractivity contribution in [3.8, 4) is 0 Å². The molecule has 0 bridgehead atoms. The molecule has 2 N–H and O–H groups in total. The minimum absolute atomic E-state index is 0.293. The minimum Gasteiger partial charge on any atom is -0.467 e. The van der Waals surface area contributed by atoms with Crippen LogP contribution < -0.4 is 5.73 Å². The Hall–Kier alpha value is -1.25. The number of furan rings is 1. The maximum Gasteiger partial charge on any atom is 0.125 e. The Balaban J connectivity index is 2.37. The number of hydrogen-bond donors (Lipinski definition) is 1. The summed E-state index contributed by atoms with van der Waals surface area (Å²) in [5.41, 5.74) is 6.86. The van der Waals surface area contributed by atoms with Crippen molar-refractivity contribution < 1.29 is 4.42 Å². The van der Waals surface area contributed by atoms with Gasteiger partial charge >= 0.3 is 0 Å². The molecule has 14 heavy (non-hydrogen) atoms. The molecule has 0 saturated carbocycles. The highest BCUT2D eigenvalue weighted by molar-refractivity contribution is 6.31. The van der Waals surface area contributed by atoms with Crippen LogP contribution in [0.15, 0.2) is 47.1 Å². The van der Waals surface area contributed by atoms with Gasteiger partial charge in [-0.05, 0) is 23.8 Å². The highest BCUT2D eigenvalue weighted by Gasteiger charge is 2.13. The van der Waals surface area contributed by atoms with Gasteiger partial charge in [-0.1, -0.05) is 29.8 Å². The molecule has 2 rings (SSSR count). The van der Waals surface area contributed by atoms with Crippen molar-refractivity contribution in [2.24, 2.45) is 5.73 Å². The summed E-state index contributed by atoms with van der Waals surface area (Å²) in [5.74, 6) is 0.720. The number of halogens is 1. The van der Waals surface area contributed by atoms with Crippen LogP contribution >= 0.6 is 11.6 Å². The molecule has 1 aromatic carbocycles. The summed E-state index contributed by atoms with van der Waals surface area (Å²) >= 11 is 6.01. The van der Waals surface area contributed by atoms with E-state index in [1.165, 1.54) is 0 Å². The molecule has 2 nitrogen and oxygen atoms in total. The van der Waals surface area contributed by atoms with E-state index in [1.54, 1.807) is 6.26 Å². The van der Waals surface area contributed by atoms with Gasteiger partial charge in [0.05, 0.1) is 12.3 Å². The monoisotopic (exact) mass is 207 g/mol. The molecular weight excluding hydrogens is 198 g/mol. The lowest BCUT2D eigenvalue weighted by molar-refractivity contribution is 0.490. The van der Waals surface area contributed by atoms with Crippen molar-refractivity contribution in [1.29, 1.82) is 0 Å². The Morgan fingerprint density at radius 3 is 2.57 bits per heavy atom. The minimum atomic E-state index is -0.293. The molecule has 72 valence electrons. The van der Waals surface area contributed by atoms with Crippen molar-refractivity contribution >= 4 is 11.6 Å². The number of rotatable bonds is 2. The Morgan fingerprint density at radius 1 is 1.14 bits per heavy atom. The van der Waals surface area contributed by atoms with Crippen LogP contribution in [0.25, 0.3) is 0 Å². The third-order valence-corrected chi connectivity index (χ3v) is 2.43. The fourth-order valence-electron chi connectivity index (χ4n) is 1.35. The molecule has 1 aromatic heterocycles. The van der Waals surface area contributed by atoms with Gasteiger partial charge in [-0.3, -0.25) is 0 Å². The highest BCUT2D eigenvalue weighted by atomic mass is 35.5. The number of benzene rings is 1. The second kappa shape index (κ2) is 3.86. The topological polar surface area (TPSA) is 39.2 Å². The summed E-state index contributed by atoms with van der Waals surface area (Å²) < 4.78 is 5.22. The summed E-state index contributed by atoms with van der Waals surface area (Å²) in [4.78, 5) is 0. The third kappa shape index (κ3) is 1.67. The molecule has 0 radical (unpaired) electrons. The Labute approximate surface area is 87.3 Å². The zero-order chi connectivity index (χ0) is 9.97. The van der Waals surface area contributed by atoms with Gasteiger partial charge in [0.15, 0.2) is 0 Å². The van der Waals surface area contributed by atoms with Crippen molar-refractivity contribution in [1.82, 2.24) is 0 Å². The molecule has 0 amide bonds. The average molecular weight is 208 g/mol. The van der Waals surface area contributed by atoms with E-state index >= 15 is 0 Å². The van der Waals surface area contributed by atoms with Gasteiger partial charge in [0.2, 0.25) is 0 Å². The van der Waals surface area contributed by atoms with Gasteiger partial charge in [-0.2, -0.15) is 0 Å². The molecule has 0 fully saturated rings. The molecule has 0 saturated heterocycles. The Morgan fingerprint density at radius 2 is 1.93 bits per heavy atom. The predicted molar refractivity (Wildman–Crippen MR) is 56.2 cm³/mol. The van der Waals surface area contributed by atoms with Gasteiger partial charge in [0, 0.05) is 5.02 Å². The predicted octanol–water partition coefficient (Wildman–Crippen LogP) is 2.98. The first-order valence-electron chi connectivity index (χ1n) is 4.32. The molecule has 2 aromatic rings. The lowest BCUT2D eigenvalue weighted by Gasteiger charge is -2.10. The second-order valence-electron chi connectivity index (χ2n) is 3.01. The molecule has 1 unspecified atom stereocenters. The Bertz CT molecular complexity index is 411. The van der Waals surface area contributed by atoms with Crippen LogP contribution in [0.5, 0.6) is 0 Å². The molecule has 3 heteroatoms. The fourth-order valence-corrected chi connectivity index (χ4v) is 1.60. The van der Waals surface area contributed by atoms with E-state index in [9.17, 15) is 0 Å². The van der Waals surface area contributed by atoms with Crippen molar-refractivity contribution in [2.45, 2.75) is 6.04 Å². The maximum absolute atomic E-state index is 6.01. The largest absolute Gasteiger partial charge is 0.467 e. The molecule has 1 heterocycles. The van der Waals surface area contributed by atoms with E-state index in [2.05, 4.69) is 0 Å². The van der Waals surface area contributed by atoms with Gasteiger partial charge in [0.1, 0.15) is 5.76 Å². The van der Waals surface area contributed by atoms with E-state index in [1.807, 2.05) is 36.4 Å². The van der Waals surface area contributed by atoms with Crippen LogP contribution in [-0.2, 0) is 0 Å². The molecule has 0 aliphatic heterocycles. The average Bonchev–Trinajstić information content (AvgIpc) is 2.70. The third-order valence-electron chi connectivity index (χ3n) is 2.09. The molecule has 0 spiro atoms. The molecule has 0 aliphatic carbocycles. The zero-order valence-corrected chi connectivity index (χ0v) is 8.24. The quantitative estimate of drug-likeness (QED) is 0.823. The first-order valence-corrected chi connectivity index (χ1v) is 4.70. The second-order valence-corrected chi connectivity index (χ2v) is 3.42. The lowest BCUT2D eigenvalue weighted by atomic mass is 10.1. The first kappa shape index (κ1) is 9.31. The van der Waals surface area contributed by atoms with Crippen molar-refractivity contribution in [2.75, 3.05) is 0 Å². The highest BCUT2D eigenvalue weighted by Crippen LogP contribution is 2.26. The number of nitrogens with two attached hydrogens (primary N) is 1. The van der Waals surface area contributed by atoms with Crippen LogP contribution in [0.1, 0.15) is 17.4 Å². The fraction of sp³-hybridized carbons (Fsp3) is 0.0909. The smallest absolute Gasteiger partial charge is 0.125 e. The summed E-state index contributed by atoms with van der Waals surface area (Å²) in [6, 6.07) is 10.9. The van der Waals surface area contributed by atoms with E-state index in [0.29, 0.717) is 5.02 Å². The summed E-state index contributed by atoms with van der Waals surface area (Å²) in [7, 11) is 0. The van der Waals surface area contributed by atoms with Crippen LogP contribution in [0, 0.1) is 0 Å². The van der Waals surface area contributed by atoms with Crippen molar-refractivity contribution in [3.63, 3.8) is 0 Å². The SMILES string of the molecule is NC(c1ccco1)c1ccccc1Cl.